The van der Waals surface area contributed by atoms with Gasteiger partial charge >= 0.3 is 0 Å². The van der Waals surface area contributed by atoms with Crippen molar-refractivity contribution in [2.75, 3.05) is 0 Å². The fourth-order valence-corrected chi connectivity index (χ4v) is 1.57. The molecule has 0 unspecified atom stereocenters. The monoisotopic (exact) mass is 229 g/mol. The molecule has 0 fully saturated rings. The third-order valence-electron chi connectivity index (χ3n) is 2.40. The molecule has 4 heteroatoms. The second kappa shape index (κ2) is 5.30. The molecule has 0 aliphatic heterocycles. The van der Waals surface area contributed by atoms with E-state index in [1.807, 2.05) is 35.1 Å². The largest absolute Gasteiger partial charge is 0.351 e. The minimum atomic E-state index is -0.0393. The van der Waals surface area contributed by atoms with Crippen molar-refractivity contribution in [3.8, 4) is 0 Å². The number of nitrogens with zero attached hydrogens (tertiary/aromatic N) is 2. The van der Waals surface area contributed by atoms with Gasteiger partial charge in [-0.2, -0.15) is 5.10 Å². The molecule has 2 rings (SSSR count). The lowest BCUT2D eigenvalue weighted by atomic mass is 10.2. The Morgan fingerprint density at radius 3 is 2.76 bits per heavy atom. The average Bonchev–Trinajstić information content (AvgIpc) is 2.75. The van der Waals surface area contributed by atoms with Crippen LogP contribution >= 0.6 is 0 Å². The summed E-state index contributed by atoms with van der Waals surface area (Å²) >= 11 is 0. The Hall–Kier alpha value is -2.10. The van der Waals surface area contributed by atoms with Crippen LogP contribution in [0.4, 0.5) is 0 Å². The van der Waals surface area contributed by atoms with Gasteiger partial charge in [-0.25, -0.2) is 0 Å². The van der Waals surface area contributed by atoms with Gasteiger partial charge in [0.1, 0.15) is 0 Å². The van der Waals surface area contributed by atoms with E-state index >= 15 is 0 Å². The second-order valence-electron chi connectivity index (χ2n) is 3.90. The van der Waals surface area contributed by atoms with Crippen molar-refractivity contribution in [1.82, 2.24) is 15.1 Å². The highest BCUT2D eigenvalue weighted by molar-refractivity contribution is 5.72. The van der Waals surface area contributed by atoms with Gasteiger partial charge in [-0.15, -0.1) is 0 Å². The first kappa shape index (κ1) is 11.4. The van der Waals surface area contributed by atoms with E-state index in [4.69, 9.17) is 0 Å². The molecule has 0 aliphatic rings. The summed E-state index contributed by atoms with van der Waals surface area (Å²) in [6, 6.07) is 12.1. The molecule has 0 radical (unpaired) electrons. The van der Waals surface area contributed by atoms with Gasteiger partial charge in [-0.1, -0.05) is 30.3 Å². The second-order valence-corrected chi connectivity index (χ2v) is 3.90. The number of carbonyl (C=O) groups is 1. The van der Waals surface area contributed by atoms with Crippen molar-refractivity contribution in [1.29, 1.82) is 0 Å². The molecule has 1 heterocycles. The zero-order valence-corrected chi connectivity index (χ0v) is 9.76. The van der Waals surface area contributed by atoms with Crippen LogP contribution in [0.3, 0.4) is 0 Å². The zero-order valence-electron chi connectivity index (χ0n) is 9.76. The Kier molecular flexibility index (Phi) is 3.55. The molecule has 0 aliphatic carbocycles. The summed E-state index contributed by atoms with van der Waals surface area (Å²) in [4.78, 5) is 10.8. The number of carbonyl (C=O) groups excluding carboxylic acids is 1. The predicted molar refractivity (Wildman–Crippen MR) is 65.3 cm³/mol. The first-order chi connectivity index (χ1) is 8.24. The number of amides is 1. The van der Waals surface area contributed by atoms with Crippen molar-refractivity contribution in [2.24, 2.45) is 0 Å². The van der Waals surface area contributed by atoms with Gasteiger partial charge in [0.25, 0.3) is 0 Å². The Morgan fingerprint density at radius 1 is 1.29 bits per heavy atom. The highest BCUT2D eigenvalue weighted by Crippen LogP contribution is 2.02. The minimum Gasteiger partial charge on any atom is -0.351 e. The minimum absolute atomic E-state index is 0.0393. The molecule has 1 amide bonds. The lowest BCUT2D eigenvalue weighted by Gasteiger charge is -2.01. The Bertz CT molecular complexity index is 490. The van der Waals surface area contributed by atoms with Crippen LogP contribution in [-0.4, -0.2) is 15.7 Å². The molecule has 0 spiro atoms. The van der Waals surface area contributed by atoms with E-state index in [9.17, 15) is 4.79 Å². The van der Waals surface area contributed by atoms with Gasteiger partial charge in [0.15, 0.2) is 0 Å². The van der Waals surface area contributed by atoms with Crippen molar-refractivity contribution < 1.29 is 4.79 Å². The van der Waals surface area contributed by atoms with E-state index in [-0.39, 0.29) is 5.91 Å². The molecule has 4 nitrogen and oxygen atoms in total. The highest BCUT2D eigenvalue weighted by Gasteiger charge is 2.00. The Balaban J connectivity index is 1.97. The van der Waals surface area contributed by atoms with Crippen LogP contribution in [0.1, 0.15) is 18.2 Å². The number of nitrogens with one attached hydrogen (secondary N) is 1. The lowest BCUT2D eigenvalue weighted by molar-refractivity contribution is -0.119. The summed E-state index contributed by atoms with van der Waals surface area (Å²) in [7, 11) is 0. The van der Waals surface area contributed by atoms with Crippen LogP contribution in [0.5, 0.6) is 0 Å². The molecule has 1 aromatic heterocycles. The van der Waals surface area contributed by atoms with E-state index in [2.05, 4.69) is 22.5 Å². The molecule has 0 bridgehead atoms. The number of rotatable bonds is 4. The number of benzene rings is 1. The third kappa shape index (κ3) is 3.45. The molecular weight excluding hydrogens is 214 g/mol. The average molecular weight is 229 g/mol. The molecular formula is C13H15N3O. The topological polar surface area (TPSA) is 46.9 Å². The van der Waals surface area contributed by atoms with E-state index in [1.54, 1.807) is 0 Å². The van der Waals surface area contributed by atoms with Crippen LogP contribution in [0.15, 0.2) is 42.6 Å². The van der Waals surface area contributed by atoms with Gasteiger partial charge in [-0.05, 0) is 11.6 Å². The summed E-state index contributed by atoms with van der Waals surface area (Å²) in [6.45, 7) is 2.74. The summed E-state index contributed by atoms with van der Waals surface area (Å²) < 4.78 is 1.87. The normalized spacial score (nSPS) is 10.2. The summed E-state index contributed by atoms with van der Waals surface area (Å²) in [5.41, 5.74) is 2.08. The van der Waals surface area contributed by atoms with Crippen molar-refractivity contribution in [3.05, 3.63) is 53.9 Å². The standard InChI is InChI=1S/C13H15N3O/c1-11(17)14-9-13-7-8-16(15-13)10-12-5-3-2-4-6-12/h2-8H,9-10H2,1H3,(H,14,17). The number of hydrogen-bond acceptors (Lipinski definition) is 2. The molecule has 17 heavy (non-hydrogen) atoms. The van der Waals surface area contributed by atoms with Gasteiger partial charge in [0.2, 0.25) is 5.91 Å². The van der Waals surface area contributed by atoms with E-state index < -0.39 is 0 Å². The number of hydrogen-bond donors (Lipinski definition) is 1. The van der Waals surface area contributed by atoms with Crippen LogP contribution < -0.4 is 5.32 Å². The predicted octanol–water partition coefficient (Wildman–Crippen LogP) is 1.57. The van der Waals surface area contributed by atoms with Gasteiger partial charge in [-0.3, -0.25) is 9.48 Å². The lowest BCUT2D eigenvalue weighted by Crippen LogP contribution is -2.19. The van der Waals surface area contributed by atoms with Gasteiger partial charge in [0, 0.05) is 13.1 Å². The number of aromatic nitrogens is 2. The highest BCUT2D eigenvalue weighted by atomic mass is 16.1. The summed E-state index contributed by atoms with van der Waals surface area (Å²) in [5, 5.41) is 7.10. The van der Waals surface area contributed by atoms with Crippen LogP contribution in [-0.2, 0) is 17.9 Å². The molecule has 88 valence electrons. The summed E-state index contributed by atoms with van der Waals surface area (Å²) in [5.74, 6) is -0.0393. The Morgan fingerprint density at radius 2 is 2.06 bits per heavy atom. The fourth-order valence-electron chi connectivity index (χ4n) is 1.57. The van der Waals surface area contributed by atoms with Gasteiger partial charge in [0.05, 0.1) is 18.8 Å². The van der Waals surface area contributed by atoms with Crippen molar-refractivity contribution in [3.63, 3.8) is 0 Å². The molecule has 0 saturated carbocycles. The molecule has 2 aromatic rings. The fraction of sp³-hybridized carbons (Fsp3) is 0.231. The maximum atomic E-state index is 10.8. The van der Waals surface area contributed by atoms with Gasteiger partial charge < -0.3 is 5.32 Å². The van der Waals surface area contributed by atoms with Crippen LogP contribution in [0, 0.1) is 0 Å². The molecule has 1 aromatic carbocycles. The van der Waals surface area contributed by atoms with E-state index in [0.29, 0.717) is 6.54 Å². The van der Waals surface area contributed by atoms with Crippen LogP contribution in [0.2, 0.25) is 0 Å². The molecule has 1 N–H and O–H groups in total. The SMILES string of the molecule is CC(=O)NCc1ccn(Cc2ccccc2)n1. The summed E-state index contributed by atoms with van der Waals surface area (Å²) in [6.07, 6.45) is 1.92. The quantitative estimate of drug-likeness (QED) is 0.865. The maximum Gasteiger partial charge on any atom is 0.217 e. The van der Waals surface area contributed by atoms with E-state index in [1.165, 1.54) is 12.5 Å². The Labute approximate surface area is 100 Å². The first-order valence-corrected chi connectivity index (χ1v) is 5.55. The smallest absolute Gasteiger partial charge is 0.217 e. The van der Waals surface area contributed by atoms with E-state index in [0.717, 1.165) is 12.2 Å². The van der Waals surface area contributed by atoms with Crippen LogP contribution in [0.25, 0.3) is 0 Å². The van der Waals surface area contributed by atoms with Crippen molar-refractivity contribution in [2.45, 2.75) is 20.0 Å². The van der Waals surface area contributed by atoms with Crippen molar-refractivity contribution >= 4 is 5.91 Å². The molecule has 0 atom stereocenters. The maximum absolute atomic E-state index is 10.8. The molecule has 0 saturated heterocycles. The zero-order chi connectivity index (χ0) is 12.1. The third-order valence-corrected chi connectivity index (χ3v) is 2.40. The first-order valence-electron chi connectivity index (χ1n) is 5.55.